The van der Waals surface area contributed by atoms with Crippen LogP contribution < -0.4 is 0 Å². The summed E-state index contributed by atoms with van der Waals surface area (Å²) in [6.45, 7) is 2.18. The van der Waals surface area contributed by atoms with Crippen molar-refractivity contribution in [2.45, 2.75) is 71.1 Å². The molecular formula is C12H26O5S2. The molecule has 0 amide bonds. The molecule has 1 N–H and O–H groups in total. The first-order valence-electron chi connectivity index (χ1n) is 7.01. The van der Waals surface area contributed by atoms with Gasteiger partial charge >= 0.3 is 9.15 Å². The van der Waals surface area contributed by atoms with Gasteiger partial charge in [0, 0.05) is 0 Å². The molecule has 0 aromatic heterocycles. The van der Waals surface area contributed by atoms with Crippen molar-refractivity contribution >= 4 is 18.0 Å². The van der Waals surface area contributed by atoms with Crippen LogP contribution in [-0.2, 0) is 18.0 Å². The van der Waals surface area contributed by atoms with Gasteiger partial charge in [-0.2, -0.15) is 8.42 Å². The van der Waals surface area contributed by atoms with Crippen molar-refractivity contribution in [2.75, 3.05) is 5.75 Å². The van der Waals surface area contributed by atoms with Crippen LogP contribution in [0.2, 0.25) is 0 Å². The zero-order chi connectivity index (χ0) is 14.8. The topological polar surface area (TPSA) is 88.5 Å². The fourth-order valence-corrected chi connectivity index (χ4v) is 3.63. The number of hydrogen-bond donors (Lipinski definition) is 1. The summed E-state index contributed by atoms with van der Waals surface area (Å²) in [5.41, 5.74) is 0. The van der Waals surface area contributed by atoms with Crippen LogP contribution >= 0.6 is 0 Å². The Balaban J connectivity index is 3.47. The van der Waals surface area contributed by atoms with Gasteiger partial charge in [0.2, 0.25) is 0 Å². The lowest BCUT2D eigenvalue weighted by atomic mass is 10.1. The predicted octanol–water partition coefficient (Wildman–Crippen LogP) is 3.12. The van der Waals surface area contributed by atoms with E-state index in [0.717, 1.165) is 19.3 Å². The Morgan fingerprint density at radius 3 is 1.42 bits per heavy atom. The largest absolute Gasteiger partial charge is 0.372 e. The monoisotopic (exact) mass is 314 g/mol. The molecule has 0 radical (unpaired) electrons. The van der Waals surface area contributed by atoms with Gasteiger partial charge in [-0.15, -0.1) is 0 Å². The minimum atomic E-state index is -4.94. The van der Waals surface area contributed by atoms with Crippen molar-refractivity contribution in [3.8, 4) is 0 Å². The fourth-order valence-electron chi connectivity index (χ4n) is 1.87. The molecule has 0 spiro atoms. The molecule has 0 rings (SSSR count). The highest BCUT2D eigenvalue weighted by Crippen LogP contribution is 2.12. The van der Waals surface area contributed by atoms with E-state index in [-0.39, 0.29) is 6.42 Å². The third kappa shape index (κ3) is 9.40. The van der Waals surface area contributed by atoms with Crippen LogP contribution in [0.1, 0.15) is 71.1 Å². The highest BCUT2D eigenvalue weighted by atomic mass is 33.2. The lowest BCUT2D eigenvalue weighted by Crippen LogP contribution is -2.17. The molecule has 116 valence electrons. The number of hydrogen-bond acceptors (Lipinski definition) is 4. The van der Waals surface area contributed by atoms with E-state index < -0.39 is 23.8 Å². The lowest BCUT2D eigenvalue weighted by Gasteiger charge is -2.02. The SMILES string of the molecule is CCCCCCCCCCCCS(=O)(=O)S(=O)(=O)O. The molecule has 0 atom stereocenters. The summed E-state index contributed by atoms with van der Waals surface area (Å²) >= 11 is 0. The number of rotatable bonds is 12. The second-order valence-electron chi connectivity index (χ2n) is 4.87. The lowest BCUT2D eigenvalue weighted by molar-refractivity contribution is 0.492. The Bertz CT molecular complexity index is 411. The van der Waals surface area contributed by atoms with E-state index in [1.165, 1.54) is 32.1 Å². The maximum absolute atomic E-state index is 11.0. The van der Waals surface area contributed by atoms with Crippen molar-refractivity contribution in [1.29, 1.82) is 0 Å². The highest BCUT2D eigenvalue weighted by molar-refractivity contribution is 8.64. The quantitative estimate of drug-likeness (QED) is 0.339. The normalized spacial score (nSPS) is 12.7. The van der Waals surface area contributed by atoms with E-state index in [0.29, 0.717) is 6.42 Å². The first kappa shape index (κ1) is 18.9. The second kappa shape index (κ2) is 9.72. The molecule has 0 aromatic rings. The van der Waals surface area contributed by atoms with Gasteiger partial charge in [-0.1, -0.05) is 64.7 Å². The average Bonchev–Trinajstić information content (AvgIpc) is 2.30. The van der Waals surface area contributed by atoms with Crippen LogP contribution in [0.4, 0.5) is 0 Å². The molecule has 0 unspecified atom stereocenters. The third-order valence-corrected chi connectivity index (χ3v) is 6.92. The van der Waals surface area contributed by atoms with Gasteiger partial charge in [-0.25, -0.2) is 8.42 Å². The summed E-state index contributed by atoms with van der Waals surface area (Å²) in [5.74, 6) is -0.484. The molecule has 0 heterocycles. The fraction of sp³-hybridized carbons (Fsp3) is 1.00. The van der Waals surface area contributed by atoms with Crippen molar-refractivity contribution in [3.05, 3.63) is 0 Å². The Labute approximate surface area is 116 Å². The smallest absolute Gasteiger partial charge is 0.274 e. The Morgan fingerprint density at radius 2 is 1.05 bits per heavy atom. The average molecular weight is 314 g/mol. The molecule has 5 nitrogen and oxygen atoms in total. The van der Waals surface area contributed by atoms with Crippen LogP contribution in [0.15, 0.2) is 0 Å². The van der Waals surface area contributed by atoms with Crippen LogP contribution in [0.5, 0.6) is 0 Å². The van der Waals surface area contributed by atoms with Gasteiger partial charge in [-0.3, -0.25) is 4.55 Å². The molecule has 0 aliphatic heterocycles. The van der Waals surface area contributed by atoms with Crippen molar-refractivity contribution in [2.24, 2.45) is 0 Å². The van der Waals surface area contributed by atoms with Crippen LogP contribution in [-0.4, -0.2) is 27.1 Å². The summed E-state index contributed by atoms with van der Waals surface area (Å²) in [5, 5.41) is 0. The molecule has 0 fully saturated rings. The predicted molar refractivity (Wildman–Crippen MR) is 77.2 cm³/mol. The molecule has 0 bridgehead atoms. The molecule has 0 aliphatic rings. The van der Waals surface area contributed by atoms with Gasteiger partial charge < -0.3 is 0 Å². The van der Waals surface area contributed by atoms with Crippen LogP contribution in [0.25, 0.3) is 0 Å². The Morgan fingerprint density at radius 1 is 0.684 bits per heavy atom. The highest BCUT2D eigenvalue weighted by Gasteiger charge is 2.25. The number of unbranched alkanes of at least 4 members (excludes halogenated alkanes) is 9. The zero-order valence-electron chi connectivity index (χ0n) is 11.7. The standard InChI is InChI=1S/C12H26O5S2/c1-2-3-4-5-6-7-8-9-10-11-12-18(13,14)19(15,16)17/h2-12H2,1H3,(H,15,16,17). The van der Waals surface area contributed by atoms with Crippen LogP contribution in [0.3, 0.4) is 0 Å². The van der Waals surface area contributed by atoms with Crippen molar-refractivity contribution in [3.63, 3.8) is 0 Å². The minimum absolute atomic E-state index is 0.290. The summed E-state index contributed by atoms with van der Waals surface area (Å²) < 4.78 is 51.6. The van der Waals surface area contributed by atoms with Gasteiger partial charge in [0.25, 0.3) is 8.87 Å². The van der Waals surface area contributed by atoms with Crippen LogP contribution in [0, 0.1) is 0 Å². The van der Waals surface area contributed by atoms with Gasteiger partial charge in [0.05, 0.1) is 5.75 Å². The molecule has 0 saturated heterocycles. The van der Waals surface area contributed by atoms with E-state index in [9.17, 15) is 16.8 Å². The van der Waals surface area contributed by atoms with E-state index in [1.807, 2.05) is 0 Å². The van der Waals surface area contributed by atoms with E-state index >= 15 is 0 Å². The molecular weight excluding hydrogens is 288 g/mol. The summed E-state index contributed by atoms with van der Waals surface area (Å²) in [4.78, 5) is 0. The van der Waals surface area contributed by atoms with E-state index in [4.69, 9.17) is 4.55 Å². The summed E-state index contributed by atoms with van der Waals surface area (Å²) in [7, 11) is -9.32. The first-order valence-corrected chi connectivity index (χ1v) is 10.6. The molecule has 7 heteroatoms. The molecule has 0 aliphatic carbocycles. The van der Waals surface area contributed by atoms with Crippen molar-refractivity contribution < 1.29 is 21.4 Å². The zero-order valence-corrected chi connectivity index (χ0v) is 13.3. The first-order chi connectivity index (χ1) is 8.81. The van der Waals surface area contributed by atoms with E-state index in [2.05, 4.69) is 6.92 Å². The maximum Gasteiger partial charge on any atom is 0.372 e. The van der Waals surface area contributed by atoms with E-state index in [1.54, 1.807) is 0 Å². The van der Waals surface area contributed by atoms with Crippen molar-refractivity contribution in [1.82, 2.24) is 0 Å². The minimum Gasteiger partial charge on any atom is -0.274 e. The molecule has 0 saturated carbocycles. The maximum atomic E-state index is 11.0. The molecule has 19 heavy (non-hydrogen) atoms. The second-order valence-corrected chi connectivity index (χ2v) is 10.0. The Hall–Kier alpha value is -0.140. The Kier molecular flexibility index (Phi) is 9.64. The summed E-state index contributed by atoms with van der Waals surface area (Å²) in [6, 6.07) is 0. The van der Waals surface area contributed by atoms with Gasteiger partial charge in [-0.05, 0) is 6.42 Å². The summed E-state index contributed by atoms with van der Waals surface area (Å²) in [6.07, 6.45) is 10.4. The van der Waals surface area contributed by atoms with Gasteiger partial charge in [0.1, 0.15) is 0 Å². The van der Waals surface area contributed by atoms with Gasteiger partial charge in [0.15, 0.2) is 0 Å². The third-order valence-electron chi connectivity index (χ3n) is 3.07. The molecule has 0 aromatic carbocycles.